The maximum atomic E-state index is 10.7. The van der Waals surface area contributed by atoms with Crippen molar-refractivity contribution in [1.29, 1.82) is 0 Å². The lowest BCUT2D eigenvalue weighted by Gasteiger charge is -1.94. The van der Waals surface area contributed by atoms with Gasteiger partial charge in [-0.25, -0.2) is 5.10 Å². The molecule has 1 aromatic rings. The molecule has 0 fully saturated rings. The maximum Gasteiger partial charge on any atom is 0.284 e. The lowest BCUT2D eigenvalue weighted by Crippen LogP contribution is -2.09. The molecule has 0 aliphatic heterocycles. The second-order valence-electron chi connectivity index (χ2n) is 1.77. The van der Waals surface area contributed by atoms with Crippen LogP contribution in [0.15, 0.2) is 4.79 Å². The fraction of sp³-hybridized carbons (Fsp3) is 0.200. The molecular formula is C5H4Cl2N2O. The zero-order valence-corrected chi connectivity index (χ0v) is 6.62. The van der Waals surface area contributed by atoms with Gasteiger partial charge in [0.1, 0.15) is 5.02 Å². The standard InChI is InChI=1S/C5H4Cl2N2O/c1-2-3(6)4(7)5(10)9-8-2/h1H3,(H,9,10). The third-order valence-electron chi connectivity index (χ3n) is 1.03. The van der Waals surface area contributed by atoms with Crippen molar-refractivity contribution >= 4 is 23.2 Å². The molecule has 0 bridgehead atoms. The molecule has 3 nitrogen and oxygen atoms in total. The van der Waals surface area contributed by atoms with Gasteiger partial charge in [0.2, 0.25) is 0 Å². The predicted molar refractivity (Wildman–Crippen MR) is 39.6 cm³/mol. The number of aromatic amines is 1. The number of aromatic nitrogens is 2. The summed E-state index contributed by atoms with van der Waals surface area (Å²) in [4.78, 5) is 10.7. The molecule has 0 unspecified atom stereocenters. The summed E-state index contributed by atoms with van der Waals surface area (Å²) in [5.74, 6) is 0. The fourth-order valence-electron chi connectivity index (χ4n) is 0.491. The summed E-state index contributed by atoms with van der Waals surface area (Å²) in [7, 11) is 0. The summed E-state index contributed by atoms with van der Waals surface area (Å²) >= 11 is 11.0. The van der Waals surface area contributed by atoms with E-state index in [0.29, 0.717) is 5.69 Å². The van der Waals surface area contributed by atoms with E-state index in [4.69, 9.17) is 23.2 Å². The molecule has 54 valence electrons. The van der Waals surface area contributed by atoms with Gasteiger partial charge in [-0.1, -0.05) is 23.2 Å². The van der Waals surface area contributed by atoms with E-state index in [1.54, 1.807) is 6.92 Å². The Kier molecular flexibility index (Phi) is 1.97. The molecule has 0 saturated heterocycles. The molecule has 0 amide bonds. The average Bonchev–Trinajstić information content (AvgIpc) is 1.93. The van der Waals surface area contributed by atoms with E-state index in [-0.39, 0.29) is 10.0 Å². The summed E-state index contributed by atoms with van der Waals surface area (Å²) in [5.41, 5.74) is 0.0588. The van der Waals surface area contributed by atoms with E-state index in [2.05, 4.69) is 10.2 Å². The molecular weight excluding hydrogens is 175 g/mol. The zero-order chi connectivity index (χ0) is 7.72. The van der Waals surface area contributed by atoms with Crippen LogP contribution >= 0.6 is 23.2 Å². The first kappa shape index (κ1) is 7.57. The molecule has 1 aromatic heterocycles. The van der Waals surface area contributed by atoms with Gasteiger partial charge in [-0.2, -0.15) is 5.10 Å². The molecule has 1 heterocycles. The molecule has 0 aliphatic rings. The molecule has 1 N–H and O–H groups in total. The third-order valence-corrected chi connectivity index (χ3v) is 1.95. The first-order valence-corrected chi connectivity index (χ1v) is 3.29. The molecule has 0 saturated carbocycles. The Bertz CT molecular complexity index is 307. The van der Waals surface area contributed by atoms with Crippen LogP contribution < -0.4 is 5.56 Å². The lowest BCUT2D eigenvalue weighted by atomic mass is 10.4. The van der Waals surface area contributed by atoms with Crippen LogP contribution in [-0.2, 0) is 0 Å². The van der Waals surface area contributed by atoms with Crippen LogP contribution in [0.25, 0.3) is 0 Å². The smallest absolute Gasteiger partial charge is 0.266 e. The Hall–Kier alpha value is -0.540. The molecule has 5 heteroatoms. The van der Waals surface area contributed by atoms with Gasteiger partial charge in [-0.15, -0.1) is 0 Å². The SMILES string of the molecule is Cc1n[nH]c(=O)c(Cl)c1Cl. The normalized spacial score (nSPS) is 9.90. The lowest BCUT2D eigenvalue weighted by molar-refractivity contribution is 0.946. The van der Waals surface area contributed by atoms with E-state index in [1.165, 1.54) is 0 Å². The van der Waals surface area contributed by atoms with Crippen LogP contribution in [0.3, 0.4) is 0 Å². The Morgan fingerprint density at radius 2 is 2.00 bits per heavy atom. The average molecular weight is 179 g/mol. The van der Waals surface area contributed by atoms with Crippen LogP contribution in [0.2, 0.25) is 10.0 Å². The molecule has 0 spiro atoms. The Morgan fingerprint density at radius 3 is 2.50 bits per heavy atom. The first-order chi connectivity index (χ1) is 4.63. The van der Waals surface area contributed by atoms with Crippen molar-refractivity contribution in [2.75, 3.05) is 0 Å². The van der Waals surface area contributed by atoms with Gasteiger partial charge in [0.15, 0.2) is 0 Å². The number of rotatable bonds is 0. The van der Waals surface area contributed by atoms with Gasteiger partial charge in [-0.05, 0) is 6.92 Å². The largest absolute Gasteiger partial charge is 0.284 e. The quantitative estimate of drug-likeness (QED) is 0.653. The number of hydrogen-bond donors (Lipinski definition) is 1. The van der Waals surface area contributed by atoms with Gasteiger partial charge in [0.05, 0.1) is 10.7 Å². The molecule has 0 aliphatic carbocycles. The molecule has 0 aromatic carbocycles. The Morgan fingerprint density at radius 1 is 1.40 bits per heavy atom. The van der Waals surface area contributed by atoms with Gasteiger partial charge >= 0.3 is 0 Å². The highest BCUT2D eigenvalue weighted by Gasteiger charge is 2.04. The van der Waals surface area contributed by atoms with Crippen LogP contribution in [-0.4, -0.2) is 10.2 Å². The minimum absolute atomic E-state index is 0.00540. The number of hydrogen-bond acceptors (Lipinski definition) is 2. The molecule has 10 heavy (non-hydrogen) atoms. The van der Waals surface area contributed by atoms with E-state index >= 15 is 0 Å². The van der Waals surface area contributed by atoms with Gasteiger partial charge in [0, 0.05) is 0 Å². The number of aryl methyl sites for hydroxylation is 1. The maximum absolute atomic E-state index is 10.7. The minimum atomic E-state index is -0.461. The molecule has 0 radical (unpaired) electrons. The van der Waals surface area contributed by atoms with Crippen LogP contribution in [0, 0.1) is 6.92 Å². The molecule has 1 rings (SSSR count). The monoisotopic (exact) mass is 178 g/mol. The van der Waals surface area contributed by atoms with Gasteiger partial charge in [-0.3, -0.25) is 4.79 Å². The highest BCUT2D eigenvalue weighted by Crippen LogP contribution is 2.18. The minimum Gasteiger partial charge on any atom is -0.266 e. The predicted octanol–water partition coefficient (Wildman–Crippen LogP) is 1.39. The van der Waals surface area contributed by atoms with E-state index in [9.17, 15) is 4.79 Å². The Balaban J connectivity index is 3.49. The Labute approximate surface area is 67.0 Å². The van der Waals surface area contributed by atoms with Crippen molar-refractivity contribution in [3.63, 3.8) is 0 Å². The second kappa shape index (κ2) is 2.60. The fourth-order valence-corrected chi connectivity index (χ4v) is 0.798. The summed E-state index contributed by atoms with van der Waals surface area (Å²) in [5, 5.41) is 5.98. The van der Waals surface area contributed by atoms with E-state index in [1.807, 2.05) is 0 Å². The molecule has 0 atom stereocenters. The van der Waals surface area contributed by atoms with Crippen molar-refractivity contribution in [2.24, 2.45) is 0 Å². The van der Waals surface area contributed by atoms with E-state index in [0.717, 1.165) is 0 Å². The zero-order valence-electron chi connectivity index (χ0n) is 5.11. The van der Waals surface area contributed by atoms with Crippen LogP contribution in [0.4, 0.5) is 0 Å². The number of nitrogens with one attached hydrogen (secondary N) is 1. The highest BCUT2D eigenvalue weighted by atomic mass is 35.5. The summed E-state index contributed by atoms with van der Waals surface area (Å²) in [6.07, 6.45) is 0. The van der Waals surface area contributed by atoms with Gasteiger partial charge < -0.3 is 0 Å². The van der Waals surface area contributed by atoms with Crippen molar-refractivity contribution in [3.05, 3.63) is 26.1 Å². The van der Waals surface area contributed by atoms with Crippen molar-refractivity contribution < 1.29 is 0 Å². The van der Waals surface area contributed by atoms with Gasteiger partial charge in [0.25, 0.3) is 5.56 Å². The summed E-state index contributed by atoms with van der Waals surface area (Å²) < 4.78 is 0. The van der Waals surface area contributed by atoms with Crippen LogP contribution in [0.5, 0.6) is 0 Å². The number of H-pyrrole nitrogens is 1. The van der Waals surface area contributed by atoms with Crippen molar-refractivity contribution in [3.8, 4) is 0 Å². The third kappa shape index (κ3) is 1.15. The number of halogens is 2. The first-order valence-electron chi connectivity index (χ1n) is 2.53. The second-order valence-corrected chi connectivity index (χ2v) is 2.52. The number of nitrogens with zero attached hydrogens (tertiary/aromatic N) is 1. The highest BCUT2D eigenvalue weighted by molar-refractivity contribution is 6.42. The van der Waals surface area contributed by atoms with Crippen molar-refractivity contribution in [2.45, 2.75) is 6.92 Å². The topological polar surface area (TPSA) is 45.8 Å². The van der Waals surface area contributed by atoms with Crippen LogP contribution in [0.1, 0.15) is 5.69 Å². The van der Waals surface area contributed by atoms with E-state index < -0.39 is 5.56 Å². The summed E-state index contributed by atoms with van der Waals surface area (Å²) in [6.45, 7) is 1.66. The summed E-state index contributed by atoms with van der Waals surface area (Å²) in [6, 6.07) is 0. The van der Waals surface area contributed by atoms with Crippen molar-refractivity contribution in [1.82, 2.24) is 10.2 Å².